The number of nitrogens with one attached hydrogen (secondary N) is 1. The summed E-state index contributed by atoms with van der Waals surface area (Å²) in [6, 6.07) is 13.2. The molecule has 0 radical (unpaired) electrons. The van der Waals surface area contributed by atoms with Gasteiger partial charge in [-0.2, -0.15) is 0 Å². The number of esters is 2. The SMILES string of the molecule is C#C.C#C.CC.CC(=O)O.COc1ccc(C(NC(=O)OC(C)(C)C)O[C@H](CCC(C)C)C(=O)O[C@@H]2C(C)=C3[C@@H](OC(C)=O)C(=O)[C@@]4(C)[C@H](CC(OO)([C@H]2C)C3(C)C)[C@@H]2CO[C@@H]2C[C@@H]4O)c(OC)c1.O=C(O)c1ccccc1. The van der Waals surface area contributed by atoms with Crippen molar-refractivity contribution in [2.75, 3.05) is 20.8 Å². The second-order valence-corrected chi connectivity index (χ2v) is 21.0. The van der Waals surface area contributed by atoms with Gasteiger partial charge in [0.2, 0.25) is 0 Å². The highest BCUT2D eigenvalue weighted by Gasteiger charge is 2.70. The van der Waals surface area contributed by atoms with Crippen LogP contribution in [0.15, 0.2) is 59.7 Å². The van der Waals surface area contributed by atoms with Crippen LogP contribution in [0.25, 0.3) is 0 Å². The number of alkyl carbamates (subject to hydrolysis) is 1. The number of aliphatic hydroxyl groups is 1. The summed E-state index contributed by atoms with van der Waals surface area (Å²) < 4.78 is 41.4. The summed E-state index contributed by atoms with van der Waals surface area (Å²) in [6.07, 6.45) is 9.64. The van der Waals surface area contributed by atoms with Gasteiger partial charge in [0, 0.05) is 49.1 Å². The molecule has 6 rings (SSSR count). The fourth-order valence-electron chi connectivity index (χ4n) is 10.6. The number of hydrogen-bond donors (Lipinski definition) is 5. The number of carboxylic acids is 2. The molecule has 19 nitrogen and oxygen atoms in total. The largest absolute Gasteiger partial charge is 0.497 e. The van der Waals surface area contributed by atoms with Crippen LogP contribution in [0.2, 0.25) is 0 Å². The van der Waals surface area contributed by atoms with E-state index < -0.39 is 100 Å². The van der Waals surface area contributed by atoms with Gasteiger partial charge in [0.25, 0.3) is 5.97 Å². The Balaban J connectivity index is 0.00000138. The minimum atomic E-state index is -1.53. The molecule has 3 fully saturated rings. The molecule has 4 aliphatic rings. The Kier molecular flexibility index (Phi) is 27.3. The molecule has 434 valence electrons. The highest BCUT2D eigenvalue weighted by Crippen LogP contribution is 2.64. The van der Waals surface area contributed by atoms with Crippen molar-refractivity contribution in [3.8, 4) is 37.2 Å². The van der Waals surface area contributed by atoms with Gasteiger partial charge in [-0.25, -0.2) is 19.3 Å². The summed E-state index contributed by atoms with van der Waals surface area (Å²) in [5, 5.41) is 41.4. The molecule has 19 heteroatoms. The van der Waals surface area contributed by atoms with Gasteiger partial charge in [-0.1, -0.05) is 66.7 Å². The highest BCUT2D eigenvalue weighted by molar-refractivity contribution is 5.95. The zero-order valence-corrected chi connectivity index (χ0v) is 48.2. The quantitative estimate of drug-likeness (QED) is 0.0224. The zero-order valence-electron chi connectivity index (χ0n) is 48.2. The monoisotopic (exact) mass is 1100 g/mol. The zero-order chi connectivity index (χ0) is 60.3. The van der Waals surface area contributed by atoms with Gasteiger partial charge in [0.1, 0.15) is 28.8 Å². The lowest BCUT2D eigenvalue weighted by molar-refractivity contribution is -0.381. The van der Waals surface area contributed by atoms with Crippen LogP contribution in [0.1, 0.15) is 145 Å². The third kappa shape index (κ3) is 16.5. The fourth-order valence-corrected chi connectivity index (χ4v) is 10.6. The molecule has 78 heavy (non-hydrogen) atoms. The molecule has 2 aromatic rings. The van der Waals surface area contributed by atoms with E-state index in [-0.39, 0.29) is 37.2 Å². The molecule has 2 aromatic carbocycles. The number of aliphatic hydroxyl groups excluding tert-OH is 1. The molecule has 0 aromatic heterocycles. The van der Waals surface area contributed by atoms with Crippen LogP contribution in [-0.4, -0.2) is 119 Å². The number of hydrogen-bond acceptors (Lipinski definition) is 16. The minimum Gasteiger partial charge on any atom is -0.497 e. The second kappa shape index (κ2) is 30.6. The van der Waals surface area contributed by atoms with Crippen LogP contribution in [0, 0.1) is 60.2 Å². The first-order chi connectivity index (χ1) is 36.5. The van der Waals surface area contributed by atoms with Crippen molar-refractivity contribution in [1.82, 2.24) is 5.32 Å². The number of Topliss-reactive ketones (excluding diaryl/α,β-unsaturated/α-hetero) is 1. The number of terminal acetylenes is 2. The lowest BCUT2D eigenvalue weighted by Gasteiger charge is -2.64. The molecule has 2 bridgehead atoms. The number of ketones is 1. The Hall–Kier alpha value is -6.48. The van der Waals surface area contributed by atoms with Gasteiger partial charge in [-0.3, -0.25) is 25.0 Å². The second-order valence-electron chi connectivity index (χ2n) is 21.0. The van der Waals surface area contributed by atoms with Crippen LogP contribution >= 0.6 is 0 Å². The molecular formula is C59H85NO18. The molecule has 3 aliphatic carbocycles. The van der Waals surface area contributed by atoms with Crippen molar-refractivity contribution in [1.29, 1.82) is 0 Å². The fraction of sp³-hybridized carbons (Fsp3) is 0.593. The molecule has 1 heterocycles. The number of aromatic carboxylic acids is 1. The predicted molar refractivity (Wildman–Crippen MR) is 291 cm³/mol. The first-order valence-corrected chi connectivity index (χ1v) is 25.8. The molecule has 0 spiro atoms. The molecule has 1 aliphatic heterocycles. The van der Waals surface area contributed by atoms with Crippen molar-refractivity contribution in [2.24, 2.45) is 34.5 Å². The summed E-state index contributed by atoms with van der Waals surface area (Å²) in [4.78, 5) is 80.7. The first kappa shape index (κ1) is 69.5. The lowest BCUT2D eigenvalue weighted by Crippen LogP contribution is -2.71. The summed E-state index contributed by atoms with van der Waals surface area (Å²) >= 11 is 0. The van der Waals surface area contributed by atoms with E-state index in [1.807, 2.05) is 48.5 Å². The first-order valence-electron chi connectivity index (χ1n) is 25.8. The average molecular weight is 1100 g/mol. The topological polar surface area (TPSA) is 269 Å². The summed E-state index contributed by atoms with van der Waals surface area (Å²) in [6.45, 7) is 24.7. The Labute approximate surface area is 460 Å². The highest BCUT2D eigenvalue weighted by atomic mass is 17.1. The molecule has 5 N–H and O–H groups in total. The molecule has 11 atom stereocenters. The van der Waals surface area contributed by atoms with Crippen molar-refractivity contribution >= 4 is 35.8 Å². The Morgan fingerprint density at radius 1 is 0.897 bits per heavy atom. The van der Waals surface area contributed by atoms with Crippen LogP contribution in [0.5, 0.6) is 11.5 Å². The molecular weight excluding hydrogens is 1010 g/mol. The number of rotatable bonds is 14. The Morgan fingerprint density at radius 3 is 1.92 bits per heavy atom. The van der Waals surface area contributed by atoms with Gasteiger partial charge in [0.05, 0.1) is 44.0 Å². The molecule has 2 unspecified atom stereocenters. The van der Waals surface area contributed by atoms with Crippen molar-refractivity contribution in [3.63, 3.8) is 0 Å². The van der Waals surface area contributed by atoms with E-state index in [9.17, 15) is 34.3 Å². The number of carbonyl (C=O) groups is 6. The van der Waals surface area contributed by atoms with E-state index in [0.717, 1.165) is 6.92 Å². The average Bonchev–Trinajstić information content (AvgIpc) is 3.37. The van der Waals surface area contributed by atoms with E-state index in [0.29, 0.717) is 46.8 Å². The summed E-state index contributed by atoms with van der Waals surface area (Å²) in [5.41, 5.74) is -3.49. The van der Waals surface area contributed by atoms with Crippen molar-refractivity contribution in [2.45, 2.75) is 171 Å². The van der Waals surface area contributed by atoms with E-state index in [4.69, 9.17) is 53.1 Å². The Morgan fingerprint density at radius 2 is 1.47 bits per heavy atom. The third-order valence-electron chi connectivity index (χ3n) is 14.4. The normalized spacial score (nSPS) is 25.9. The van der Waals surface area contributed by atoms with Crippen LogP contribution < -0.4 is 14.8 Å². The lowest BCUT2D eigenvalue weighted by atomic mass is 9.45. The van der Waals surface area contributed by atoms with Crippen molar-refractivity contribution < 1.29 is 87.4 Å². The number of methoxy groups -OCH3 is 2. The standard InChI is InChI=1S/C44H65NO14.C7H6O2.C2H4O2.C2H6.2C2H2/c1-22(2)14-17-30(56-38(45-40(50)58-41(6,7)8)27-16-15-26(52-12)18-31(27)53-13)39(49)57-35-23(3)34-36(55-25(5)46)37(48)43(11)29(28-21-54-32(28)19-33(43)47)20-44(59-51,24(35)4)42(34,9)10;8-7(9)6-4-2-1-3-5-6;1-2(3)4;3*1-2/h15-16,18,22,24,28-30,32-33,35-36,38,47,51H,14,17,19-21H2,1-13H3,(H,45,50);1-5H,(H,8,9);1H3,(H,3,4);1-2H3;2*1-2H/t24-,28-,29+,30+,32+,33-,35+,36+,38?,43-,44?;;;;;/m0...../s1. The van der Waals surface area contributed by atoms with Gasteiger partial charge in [0.15, 0.2) is 24.2 Å². The summed E-state index contributed by atoms with van der Waals surface area (Å²) in [5.74, 6) is -4.24. The van der Waals surface area contributed by atoms with Gasteiger partial charge in [-0.05, 0) is 101 Å². The van der Waals surface area contributed by atoms with E-state index in [1.165, 1.54) is 21.1 Å². The van der Waals surface area contributed by atoms with Crippen LogP contribution in [0.3, 0.4) is 0 Å². The number of carboxylic acid groups (broad SMARTS) is 2. The smallest absolute Gasteiger partial charge is 0.409 e. The van der Waals surface area contributed by atoms with Crippen LogP contribution in [-0.2, 0) is 47.8 Å². The minimum absolute atomic E-state index is 0.0888. The van der Waals surface area contributed by atoms with E-state index >= 15 is 0 Å². The maximum absolute atomic E-state index is 15.0. The molecule has 1 amide bonds. The van der Waals surface area contributed by atoms with E-state index in [1.54, 1.807) is 83.1 Å². The number of fused-ring (bicyclic) bond motifs is 5. The maximum Gasteiger partial charge on any atom is 0.409 e. The Bertz CT molecular complexity index is 2380. The number of ether oxygens (including phenoxy) is 7. The molecule has 2 saturated carbocycles. The van der Waals surface area contributed by atoms with Gasteiger partial charge in [-0.15, -0.1) is 25.7 Å². The predicted octanol–water partition coefficient (Wildman–Crippen LogP) is 9.49. The van der Waals surface area contributed by atoms with Gasteiger partial charge >= 0.3 is 24.0 Å². The number of amides is 1. The third-order valence-corrected chi connectivity index (χ3v) is 14.4. The maximum atomic E-state index is 15.0. The van der Waals surface area contributed by atoms with E-state index in [2.05, 4.69) is 31.0 Å². The molecule has 1 saturated heterocycles. The number of aliphatic carboxylic acids is 1. The van der Waals surface area contributed by atoms with Crippen molar-refractivity contribution in [3.05, 3.63) is 70.8 Å². The number of carbonyl (C=O) groups excluding carboxylic acids is 4. The van der Waals surface area contributed by atoms with Crippen LogP contribution in [0.4, 0.5) is 4.79 Å². The van der Waals surface area contributed by atoms with Gasteiger partial charge < -0.3 is 48.5 Å². The number of benzene rings is 2. The summed E-state index contributed by atoms with van der Waals surface area (Å²) in [7, 11) is 2.96.